The molecule has 0 aliphatic rings. The Bertz CT molecular complexity index is 739. The second-order valence-corrected chi connectivity index (χ2v) is 22.8. The molecule has 4 nitrogen and oxygen atoms in total. The van der Waals surface area contributed by atoms with Crippen molar-refractivity contribution in [2.24, 2.45) is 0 Å². The Morgan fingerprint density at radius 2 is 1.52 bits per heavy atom. The number of hydrogen-bond acceptors (Lipinski definition) is 2. The van der Waals surface area contributed by atoms with Crippen molar-refractivity contribution < 1.29 is 8.76 Å². The number of benzene rings is 1. The first-order valence-corrected chi connectivity index (χ1v) is 19.9. The Hall–Kier alpha value is -0.661. The zero-order chi connectivity index (χ0) is 21.3. The van der Waals surface area contributed by atoms with Gasteiger partial charge in [0.05, 0.1) is 0 Å². The summed E-state index contributed by atoms with van der Waals surface area (Å²) in [6.45, 7) is 8.69. The third-order valence-electron chi connectivity index (χ3n) is 6.15. The molecule has 2 unspecified atom stereocenters. The average Bonchev–Trinajstić information content (AvgIpc) is 3.24. The van der Waals surface area contributed by atoms with Crippen LogP contribution in [0.1, 0.15) is 77.0 Å². The molecular weight excluding hydrogens is 487 g/mol. The summed E-state index contributed by atoms with van der Waals surface area (Å²) in [6, 6.07) is 7.90. The average molecular weight is 525 g/mol. The standard InChI is InChI=1S/C11H11N2O2S.3C4H9.Sn/c1-9(16(14)15)10-3-5-11(6-4-10)13-8-2-7-12-13;3*1-3-4-2;/h3-9H,1H3,(H,14,15);3*1,3-4H2,2H3;. The van der Waals surface area contributed by atoms with E-state index >= 15 is 0 Å². The van der Waals surface area contributed by atoms with Crippen LogP contribution >= 0.6 is 0 Å². The van der Waals surface area contributed by atoms with Crippen LogP contribution in [0.2, 0.25) is 13.3 Å². The fourth-order valence-electron chi connectivity index (χ4n) is 4.11. The molecule has 0 bridgehead atoms. The van der Waals surface area contributed by atoms with Gasteiger partial charge in [-0.25, -0.2) is 0 Å². The van der Waals surface area contributed by atoms with Gasteiger partial charge in [-0.05, 0) is 0 Å². The molecular formula is C23H38N2O2SSn. The fraction of sp³-hybridized carbons (Fsp3) is 0.609. The molecule has 6 heteroatoms. The van der Waals surface area contributed by atoms with Gasteiger partial charge < -0.3 is 0 Å². The van der Waals surface area contributed by atoms with Crippen LogP contribution in [-0.2, 0) is 11.1 Å². The summed E-state index contributed by atoms with van der Waals surface area (Å²) in [5, 5.41) is 4.37. The van der Waals surface area contributed by atoms with Gasteiger partial charge in [-0.3, -0.25) is 0 Å². The molecule has 2 atom stereocenters. The van der Waals surface area contributed by atoms with Crippen LogP contribution in [0.4, 0.5) is 0 Å². The quantitative estimate of drug-likeness (QED) is 0.250. The van der Waals surface area contributed by atoms with Crippen LogP contribution in [0.15, 0.2) is 36.7 Å². The monoisotopic (exact) mass is 526 g/mol. The van der Waals surface area contributed by atoms with E-state index in [1.807, 2.05) is 28.9 Å². The summed E-state index contributed by atoms with van der Waals surface area (Å²) >= 11 is -4.30. The number of hydrogen-bond donors (Lipinski definition) is 1. The molecule has 29 heavy (non-hydrogen) atoms. The Kier molecular flexibility index (Phi) is 10.4. The first kappa shape index (κ1) is 24.6. The molecule has 1 heterocycles. The molecule has 0 saturated carbocycles. The molecule has 0 amide bonds. The van der Waals surface area contributed by atoms with E-state index in [1.54, 1.807) is 10.5 Å². The van der Waals surface area contributed by atoms with E-state index in [4.69, 9.17) is 5.10 Å². The van der Waals surface area contributed by atoms with Crippen molar-refractivity contribution in [1.82, 2.24) is 9.78 Å². The first-order valence-electron chi connectivity index (χ1n) is 11.2. The molecule has 162 valence electrons. The third kappa shape index (κ3) is 6.66. The molecule has 2 rings (SSSR count). The number of rotatable bonds is 13. The van der Waals surface area contributed by atoms with Crippen molar-refractivity contribution in [3.05, 3.63) is 42.2 Å². The summed E-state index contributed by atoms with van der Waals surface area (Å²) in [5.41, 5.74) is 1.90. The van der Waals surface area contributed by atoms with Crippen molar-refractivity contribution in [2.45, 2.75) is 84.8 Å². The molecule has 2 aromatic rings. The van der Waals surface area contributed by atoms with E-state index < -0.39 is 29.5 Å². The van der Waals surface area contributed by atoms with Crippen LogP contribution in [-0.4, -0.2) is 36.9 Å². The second kappa shape index (κ2) is 12.3. The van der Waals surface area contributed by atoms with E-state index in [0.717, 1.165) is 11.3 Å². The molecule has 1 aromatic carbocycles. The van der Waals surface area contributed by atoms with Crippen molar-refractivity contribution in [2.75, 3.05) is 0 Å². The van der Waals surface area contributed by atoms with Crippen molar-refractivity contribution >= 4 is 33.0 Å². The SMILES string of the molecule is CCC[CH2][Sn]([CH2]CCC)([CH2]CCC)[c]1cnn(-c2ccc(C(C)S(=O)O)cc2)c1. The normalized spacial score (nSPS) is 14.1. The molecule has 0 spiro atoms. The van der Waals surface area contributed by atoms with E-state index in [9.17, 15) is 8.76 Å². The van der Waals surface area contributed by atoms with Gasteiger partial charge in [0.15, 0.2) is 0 Å². The van der Waals surface area contributed by atoms with E-state index in [-0.39, 0.29) is 5.25 Å². The van der Waals surface area contributed by atoms with E-state index in [2.05, 4.69) is 33.2 Å². The molecule has 1 N–H and O–H groups in total. The molecule has 0 aliphatic carbocycles. The van der Waals surface area contributed by atoms with Gasteiger partial charge in [-0.15, -0.1) is 0 Å². The summed E-state index contributed by atoms with van der Waals surface area (Å²) in [6.07, 6.45) is 12.3. The second-order valence-electron chi connectivity index (χ2n) is 8.27. The maximum atomic E-state index is 11.3. The van der Waals surface area contributed by atoms with Gasteiger partial charge in [0.1, 0.15) is 0 Å². The predicted molar refractivity (Wildman–Crippen MR) is 127 cm³/mol. The number of nitrogens with zero attached hydrogens (tertiary/aromatic N) is 2. The molecule has 0 fully saturated rings. The topological polar surface area (TPSA) is 55.1 Å². The zero-order valence-corrected chi connectivity index (χ0v) is 22.2. The number of aromatic nitrogens is 2. The van der Waals surface area contributed by atoms with Crippen LogP contribution in [0.3, 0.4) is 0 Å². The third-order valence-corrected chi connectivity index (χ3v) is 22.5. The summed E-state index contributed by atoms with van der Waals surface area (Å²) in [7, 11) is 0. The minimum absolute atomic E-state index is 0.377. The first-order chi connectivity index (χ1) is 14.0. The Labute approximate surface area is 183 Å². The molecule has 0 aliphatic heterocycles. The van der Waals surface area contributed by atoms with E-state index in [0.29, 0.717) is 0 Å². The zero-order valence-electron chi connectivity index (χ0n) is 18.6. The summed E-state index contributed by atoms with van der Waals surface area (Å²) in [5.74, 6) is 0. The van der Waals surface area contributed by atoms with Crippen LogP contribution in [0, 0.1) is 0 Å². The summed E-state index contributed by atoms with van der Waals surface area (Å²) in [4.78, 5) is 0. The molecule has 0 radical (unpaired) electrons. The summed E-state index contributed by atoms with van der Waals surface area (Å²) < 4.78 is 28.6. The van der Waals surface area contributed by atoms with Crippen LogP contribution in [0.5, 0.6) is 0 Å². The van der Waals surface area contributed by atoms with Crippen LogP contribution < -0.4 is 3.58 Å². The molecule has 1 aromatic heterocycles. The Morgan fingerprint density at radius 1 is 1.00 bits per heavy atom. The molecule has 0 saturated heterocycles. The minimum atomic E-state index is -2.45. The van der Waals surface area contributed by atoms with Gasteiger partial charge in [0.25, 0.3) is 0 Å². The van der Waals surface area contributed by atoms with Crippen molar-refractivity contribution in [3.63, 3.8) is 0 Å². The van der Waals surface area contributed by atoms with Crippen molar-refractivity contribution in [1.29, 1.82) is 0 Å². The van der Waals surface area contributed by atoms with Gasteiger partial charge >= 0.3 is 184 Å². The van der Waals surface area contributed by atoms with Crippen LogP contribution in [0.25, 0.3) is 5.69 Å². The van der Waals surface area contributed by atoms with Gasteiger partial charge in [0, 0.05) is 0 Å². The Balaban J connectivity index is 2.31. The van der Waals surface area contributed by atoms with Gasteiger partial charge in [-0.1, -0.05) is 0 Å². The Morgan fingerprint density at radius 3 is 1.97 bits per heavy atom. The van der Waals surface area contributed by atoms with Crippen molar-refractivity contribution in [3.8, 4) is 5.69 Å². The maximum absolute atomic E-state index is 11.3. The fourth-order valence-corrected chi connectivity index (χ4v) is 20.0. The predicted octanol–water partition coefficient (Wildman–Crippen LogP) is 6.21. The van der Waals surface area contributed by atoms with Gasteiger partial charge in [-0.2, -0.15) is 0 Å². The van der Waals surface area contributed by atoms with Gasteiger partial charge in [0.2, 0.25) is 0 Å². The number of unbranched alkanes of at least 4 members (excludes halogenated alkanes) is 3. The van der Waals surface area contributed by atoms with E-state index in [1.165, 1.54) is 51.8 Å².